The molecule has 0 aromatic rings. The largest absolute Gasteiger partial charge is 0.393 e. The fraction of sp³-hybridized carbons (Fsp3) is 1.00. The second-order valence-corrected chi connectivity index (χ2v) is 15.5. The molecular weight excluding hydrogens is 424 g/mol. The molecule has 4 aliphatic carbocycles. The normalized spacial score (nSPS) is 57.1. The first kappa shape index (κ1) is 25.5. The number of aliphatic hydroxyl groups excluding tert-OH is 2. The van der Waals surface area contributed by atoms with E-state index < -0.39 is 5.60 Å². The lowest BCUT2D eigenvalue weighted by Gasteiger charge is -2.70. The summed E-state index contributed by atoms with van der Waals surface area (Å²) in [5.41, 5.74) is -0.766. The Hall–Kier alpha value is -0.160. The Bertz CT molecular complexity index is 817. The summed E-state index contributed by atoms with van der Waals surface area (Å²) in [7, 11) is 0. The summed E-state index contributed by atoms with van der Waals surface area (Å²) in [6.45, 7) is 18.1. The molecule has 0 radical (unpaired) electrons. The lowest BCUT2D eigenvalue weighted by molar-refractivity contribution is -0.257. The molecule has 11 atom stereocenters. The summed E-state index contributed by atoms with van der Waals surface area (Å²) >= 11 is 0. The van der Waals surface area contributed by atoms with Crippen molar-refractivity contribution in [1.82, 2.24) is 0 Å². The third kappa shape index (κ3) is 3.16. The number of hydrogen-bond acceptors (Lipinski definition) is 4. The SMILES string of the molecule is CC(C)(O)[C@@H]1CC[C@](C)([C@H]2CC[C@]3(C)C2C[C@@H](O)C2[C@@]4(C)CC[C@H](O)C(C)(C)C4CC[C@]23C)O1. The zero-order chi connectivity index (χ0) is 25.1. The Morgan fingerprint density at radius 3 is 2.03 bits per heavy atom. The smallest absolute Gasteiger partial charge is 0.0865 e. The van der Waals surface area contributed by atoms with E-state index >= 15 is 0 Å². The highest BCUT2D eigenvalue weighted by Gasteiger charge is 2.72. The molecule has 0 amide bonds. The predicted octanol–water partition coefficient (Wildman–Crippen LogP) is 5.71. The van der Waals surface area contributed by atoms with E-state index in [0.717, 1.165) is 51.4 Å². The van der Waals surface area contributed by atoms with Crippen molar-refractivity contribution in [2.45, 2.75) is 143 Å². The van der Waals surface area contributed by atoms with Gasteiger partial charge in [-0.2, -0.15) is 0 Å². The van der Waals surface area contributed by atoms with Crippen LogP contribution in [0.3, 0.4) is 0 Å². The first-order chi connectivity index (χ1) is 15.5. The standard InChI is InChI=1S/C30H52O4/c1-25(2)21-10-15-29(7)24(27(21,5)13-11-22(25)32)20(31)17-19-18(9-14-28(19,29)6)30(8)16-12-23(34-30)26(3,4)33/h18-24,31-33H,9-17H2,1-8H3/t18-,19?,20+,21?,22-,23-,24?,27-,28+,29+,30+/m0/s1. The summed E-state index contributed by atoms with van der Waals surface area (Å²) in [6, 6.07) is 0. The molecule has 4 nitrogen and oxygen atoms in total. The molecule has 1 saturated heterocycles. The van der Waals surface area contributed by atoms with Crippen LogP contribution in [0.2, 0.25) is 0 Å². The lowest BCUT2D eigenvalue weighted by atomic mass is 9.35. The summed E-state index contributed by atoms with van der Waals surface area (Å²) in [5.74, 6) is 1.63. The average Bonchev–Trinajstić information content (AvgIpc) is 3.27. The highest BCUT2D eigenvalue weighted by atomic mass is 16.5. The van der Waals surface area contributed by atoms with Crippen LogP contribution in [0.25, 0.3) is 0 Å². The maximum absolute atomic E-state index is 12.0. The topological polar surface area (TPSA) is 69.9 Å². The molecule has 4 heteroatoms. The van der Waals surface area contributed by atoms with Crippen LogP contribution in [0.5, 0.6) is 0 Å². The Balaban J connectivity index is 1.48. The molecule has 5 fully saturated rings. The van der Waals surface area contributed by atoms with Crippen LogP contribution in [0.15, 0.2) is 0 Å². The average molecular weight is 477 g/mol. The minimum atomic E-state index is -0.811. The molecule has 5 rings (SSSR count). The van der Waals surface area contributed by atoms with Gasteiger partial charge in [0.15, 0.2) is 0 Å². The predicted molar refractivity (Wildman–Crippen MR) is 135 cm³/mol. The third-order valence-corrected chi connectivity index (χ3v) is 13.2. The second-order valence-electron chi connectivity index (χ2n) is 15.5. The zero-order valence-corrected chi connectivity index (χ0v) is 23.2. The van der Waals surface area contributed by atoms with Gasteiger partial charge >= 0.3 is 0 Å². The van der Waals surface area contributed by atoms with Crippen molar-refractivity contribution in [3.63, 3.8) is 0 Å². The van der Waals surface area contributed by atoms with E-state index in [1.54, 1.807) is 0 Å². The first-order valence-electron chi connectivity index (χ1n) is 14.3. The Morgan fingerprint density at radius 2 is 1.41 bits per heavy atom. The summed E-state index contributed by atoms with van der Waals surface area (Å²) < 4.78 is 6.68. The fourth-order valence-corrected chi connectivity index (χ4v) is 11.2. The van der Waals surface area contributed by atoms with Gasteiger partial charge in [-0.3, -0.25) is 0 Å². The third-order valence-electron chi connectivity index (χ3n) is 13.2. The van der Waals surface area contributed by atoms with Crippen molar-refractivity contribution in [3.05, 3.63) is 0 Å². The molecule has 3 unspecified atom stereocenters. The summed E-state index contributed by atoms with van der Waals surface area (Å²) in [5, 5.41) is 33.5. The van der Waals surface area contributed by atoms with Crippen LogP contribution in [0, 0.1) is 45.3 Å². The van der Waals surface area contributed by atoms with Gasteiger partial charge in [0.05, 0.1) is 29.5 Å². The number of ether oxygens (including phenoxy) is 1. The molecule has 0 bridgehead atoms. The zero-order valence-electron chi connectivity index (χ0n) is 23.2. The van der Waals surface area contributed by atoms with E-state index in [1.165, 1.54) is 6.42 Å². The van der Waals surface area contributed by atoms with Gasteiger partial charge in [0.2, 0.25) is 0 Å². The van der Waals surface area contributed by atoms with Gasteiger partial charge in [-0.15, -0.1) is 0 Å². The van der Waals surface area contributed by atoms with E-state index in [1.807, 2.05) is 13.8 Å². The summed E-state index contributed by atoms with van der Waals surface area (Å²) in [6.07, 6.45) is 8.71. The quantitative estimate of drug-likeness (QED) is 0.477. The molecule has 1 aliphatic heterocycles. The second kappa shape index (κ2) is 7.45. The molecular formula is C30H52O4. The Morgan fingerprint density at radius 1 is 0.765 bits per heavy atom. The van der Waals surface area contributed by atoms with Crippen molar-refractivity contribution >= 4 is 0 Å². The summed E-state index contributed by atoms with van der Waals surface area (Å²) in [4.78, 5) is 0. The molecule has 5 aliphatic rings. The monoisotopic (exact) mass is 476 g/mol. The van der Waals surface area contributed by atoms with Gasteiger partial charge < -0.3 is 20.1 Å². The molecule has 1 heterocycles. The maximum atomic E-state index is 12.0. The van der Waals surface area contributed by atoms with Crippen LogP contribution in [0.4, 0.5) is 0 Å². The van der Waals surface area contributed by atoms with Gasteiger partial charge in [0.25, 0.3) is 0 Å². The maximum Gasteiger partial charge on any atom is 0.0865 e. The van der Waals surface area contributed by atoms with E-state index in [9.17, 15) is 15.3 Å². The highest BCUT2D eigenvalue weighted by molar-refractivity contribution is 5.20. The van der Waals surface area contributed by atoms with Crippen LogP contribution < -0.4 is 0 Å². The van der Waals surface area contributed by atoms with Crippen LogP contribution in [-0.4, -0.2) is 44.8 Å². The minimum Gasteiger partial charge on any atom is -0.393 e. The van der Waals surface area contributed by atoms with Crippen LogP contribution >= 0.6 is 0 Å². The molecule has 196 valence electrons. The van der Waals surface area contributed by atoms with E-state index in [-0.39, 0.29) is 51.5 Å². The van der Waals surface area contributed by atoms with Crippen molar-refractivity contribution in [3.8, 4) is 0 Å². The van der Waals surface area contributed by atoms with Crippen LogP contribution in [0.1, 0.15) is 113 Å². The van der Waals surface area contributed by atoms with Gasteiger partial charge in [-0.25, -0.2) is 0 Å². The van der Waals surface area contributed by atoms with E-state index in [4.69, 9.17) is 4.74 Å². The van der Waals surface area contributed by atoms with Crippen LogP contribution in [-0.2, 0) is 4.74 Å². The number of hydrogen-bond donors (Lipinski definition) is 3. The van der Waals surface area contributed by atoms with Crippen molar-refractivity contribution in [2.75, 3.05) is 0 Å². The lowest BCUT2D eigenvalue weighted by Crippen LogP contribution is -2.67. The van der Waals surface area contributed by atoms with Crippen molar-refractivity contribution in [1.29, 1.82) is 0 Å². The molecule has 3 N–H and O–H groups in total. The van der Waals surface area contributed by atoms with Crippen molar-refractivity contribution in [2.24, 2.45) is 45.3 Å². The van der Waals surface area contributed by atoms with E-state index in [2.05, 4.69) is 41.5 Å². The molecule has 0 spiro atoms. The van der Waals surface area contributed by atoms with Gasteiger partial charge in [-0.1, -0.05) is 34.6 Å². The number of fused-ring (bicyclic) bond motifs is 5. The Labute approximate surface area is 208 Å². The fourth-order valence-electron chi connectivity index (χ4n) is 11.2. The number of aliphatic hydroxyl groups is 3. The molecule has 34 heavy (non-hydrogen) atoms. The minimum absolute atomic E-state index is 0.0704. The van der Waals surface area contributed by atoms with E-state index in [0.29, 0.717) is 17.8 Å². The molecule has 0 aromatic carbocycles. The molecule has 0 aromatic heterocycles. The van der Waals surface area contributed by atoms with Gasteiger partial charge in [0.1, 0.15) is 0 Å². The van der Waals surface area contributed by atoms with Gasteiger partial charge in [0, 0.05) is 0 Å². The number of rotatable bonds is 2. The highest BCUT2D eigenvalue weighted by Crippen LogP contribution is 2.76. The first-order valence-corrected chi connectivity index (χ1v) is 14.3. The van der Waals surface area contributed by atoms with Gasteiger partial charge in [-0.05, 0) is 124 Å². The Kier molecular flexibility index (Phi) is 5.59. The van der Waals surface area contributed by atoms with Crippen molar-refractivity contribution < 1.29 is 20.1 Å². The molecule has 4 saturated carbocycles.